The van der Waals surface area contributed by atoms with E-state index in [0.29, 0.717) is 0 Å². The Balaban J connectivity index is 1.45. The van der Waals surface area contributed by atoms with Crippen LogP contribution in [0.5, 0.6) is 0 Å². The van der Waals surface area contributed by atoms with Gasteiger partial charge in [-0.1, -0.05) is 124 Å². The van der Waals surface area contributed by atoms with Crippen LogP contribution in [0.3, 0.4) is 0 Å². The average molecular weight is 514 g/mol. The molecule has 1 nitrogen and oxygen atoms in total. The summed E-state index contributed by atoms with van der Waals surface area (Å²) in [5, 5.41) is 7.60. The zero-order valence-corrected chi connectivity index (χ0v) is 23.1. The van der Waals surface area contributed by atoms with Gasteiger partial charge in [0, 0.05) is 18.0 Å². The fourth-order valence-electron chi connectivity index (χ4n) is 6.00. The summed E-state index contributed by atoms with van der Waals surface area (Å²) in [6.07, 6.45) is 3.74. The number of hydrogen-bond acceptors (Lipinski definition) is 1. The van der Waals surface area contributed by atoms with E-state index in [1.54, 1.807) is 0 Å². The second kappa shape index (κ2) is 9.47. The van der Waals surface area contributed by atoms with Gasteiger partial charge in [-0.25, -0.2) is 0 Å². The second-order valence-electron chi connectivity index (χ2n) is 11.7. The van der Waals surface area contributed by atoms with Gasteiger partial charge in [-0.05, 0) is 89.3 Å². The van der Waals surface area contributed by atoms with Crippen LogP contribution in [-0.4, -0.2) is 4.98 Å². The normalized spacial score (nSPS) is 11.9. The van der Waals surface area contributed by atoms with Gasteiger partial charge in [0.15, 0.2) is 0 Å². The monoisotopic (exact) mass is 513 g/mol. The van der Waals surface area contributed by atoms with Crippen LogP contribution in [0.2, 0.25) is 0 Å². The minimum atomic E-state index is 0.126. The van der Waals surface area contributed by atoms with E-state index in [2.05, 4.69) is 141 Å². The molecule has 6 aromatic carbocycles. The standard InChI is InChI=1S/C39H31N/c1-39(2,3)32-20-18-26(19-21-32)37-33-10-4-6-12-35(33)38(36-13-7-5-11-34(36)37)30-17-16-27-23-29(15-14-28(27)24-30)31-9-8-22-40-25-31/h4-25H,1-3H3. The number of aromatic nitrogens is 1. The summed E-state index contributed by atoms with van der Waals surface area (Å²) >= 11 is 0. The van der Waals surface area contributed by atoms with E-state index in [1.165, 1.54) is 65.7 Å². The maximum Gasteiger partial charge on any atom is 0.0346 e. The third-order valence-corrected chi connectivity index (χ3v) is 8.09. The lowest BCUT2D eigenvalue weighted by molar-refractivity contribution is 0.590. The number of fused-ring (bicyclic) bond motifs is 3. The SMILES string of the molecule is CC(C)(C)c1ccc(-c2c3ccccc3c(-c3ccc4cc(-c5cccnc5)ccc4c3)c3ccccc23)cc1. The molecule has 1 aromatic heterocycles. The molecule has 0 unspecified atom stereocenters. The van der Waals surface area contributed by atoms with Gasteiger partial charge in [0.05, 0.1) is 0 Å². The Kier molecular flexibility index (Phi) is 5.75. The molecule has 0 saturated heterocycles. The predicted octanol–water partition coefficient (Wildman–Crippen LogP) is 10.8. The molecule has 0 N–H and O–H groups in total. The highest BCUT2D eigenvalue weighted by molar-refractivity contribution is 6.21. The lowest BCUT2D eigenvalue weighted by Crippen LogP contribution is -2.10. The molecule has 0 bridgehead atoms. The van der Waals surface area contributed by atoms with Crippen LogP contribution >= 0.6 is 0 Å². The Morgan fingerprint density at radius 2 is 0.950 bits per heavy atom. The first-order chi connectivity index (χ1) is 19.5. The predicted molar refractivity (Wildman–Crippen MR) is 172 cm³/mol. The lowest BCUT2D eigenvalue weighted by Gasteiger charge is -2.21. The van der Waals surface area contributed by atoms with Crippen molar-refractivity contribution in [1.29, 1.82) is 0 Å². The molecule has 0 saturated carbocycles. The summed E-state index contributed by atoms with van der Waals surface area (Å²) in [6, 6.07) is 44.6. The summed E-state index contributed by atoms with van der Waals surface area (Å²) < 4.78 is 0. The average Bonchev–Trinajstić information content (AvgIpc) is 2.99. The van der Waals surface area contributed by atoms with Gasteiger partial charge >= 0.3 is 0 Å². The summed E-state index contributed by atoms with van der Waals surface area (Å²) in [5.74, 6) is 0. The zero-order valence-electron chi connectivity index (χ0n) is 23.1. The van der Waals surface area contributed by atoms with Gasteiger partial charge < -0.3 is 0 Å². The Hall–Kier alpha value is -4.75. The number of pyridine rings is 1. The first kappa shape index (κ1) is 24.3. The van der Waals surface area contributed by atoms with Crippen molar-refractivity contribution in [2.45, 2.75) is 26.2 Å². The topological polar surface area (TPSA) is 12.9 Å². The van der Waals surface area contributed by atoms with Gasteiger partial charge in [0.1, 0.15) is 0 Å². The summed E-state index contributed by atoms with van der Waals surface area (Å²) in [4.78, 5) is 4.30. The van der Waals surface area contributed by atoms with E-state index in [1.807, 2.05) is 18.5 Å². The van der Waals surface area contributed by atoms with Gasteiger partial charge in [-0.3, -0.25) is 4.98 Å². The zero-order chi connectivity index (χ0) is 27.3. The molecule has 0 aliphatic heterocycles. The van der Waals surface area contributed by atoms with Crippen molar-refractivity contribution in [3.05, 3.63) is 139 Å². The fraction of sp³-hybridized carbons (Fsp3) is 0.103. The summed E-state index contributed by atoms with van der Waals surface area (Å²) in [5.41, 5.74) is 8.89. The highest BCUT2D eigenvalue weighted by Crippen LogP contribution is 2.44. The second-order valence-corrected chi connectivity index (χ2v) is 11.7. The van der Waals surface area contributed by atoms with Crippen molar-refractivity contribution in [3.63, 3.8) is 0 Å². The van der Waals surface area contributed by atoms with Crippen LogP contribution in [0.15, 0.2) is 134 Å². The Morgan fingerprint density at radius 3 is 1.48 bits per heavy atom. The molecule has 0 spiro atoms. The van der Waals surface area contributed by atoms with E-state index in [0.717, 1.165) is 5.56 Å². The Labute approximate surface area is 235 Å². The van der Waals surface area contributed by atoms with Crippen LogP contribution in [-0.2, 0) is 5.41 Å². The molecular weight excluding hydrogens is 482 g/mol. The molecule has 0 aliphatic carbocycles. The fourth-order valence-corrected chi connectivity index (χ4v) is 6.00. The molecule has 192 valence electrons. The highest BCUT2D eigenvalue weighted by Gasteiger charge is 2.18. The van der Waals surface area contributed by atoms with E-state index in [-0.39, 0.29) is 5.41 Å². The number of benzene rings is 6. The summed E-state index contributed by atoms with van der Waals surface area (Å²) in [7, 11) is 0. The van der Waals surface area contributed by atoms with E-state index < -0.39 is 0 Å². The van der Waals surface area contributed by atoms with Crippen molar-refractivity contribution < 1.29 is 0 Å². The molecular formula is C39H31N. The quantitative estimate of drug-likeness (QED) is 0.214. The van der Waals surface area contributed by atoms with Crippen molar-refractivity contribution in [1.82, 2.24) is 4.98 Å². The van der Waals surface area contributed by atoms with Gasteiger partial charge in [-0.2, -0.15) is 0 Å². The van der Waals surface area contributed by atoms with Crippen molar-refractivity contribution in [2.24, 2.45) is 0 Å². The maximum atomic E-state index is 4.30. The molecule has 1 heteroatoms. The minimum absolute atomic E-state index is 0.126. The molecule has 0 amide bonds. The largest absolute Gasteiger partial charge is 0.264 e. The highest BCUT2D eigenvalue weighted by atomic mass is 14.6. The first-order valence-electron chi connectivity index (χ1n) is 14.0. The molecule has 1 heterocycles. The summed E-state index contributed by atoms with van der Waals surface area (Å²) in [6.45, 7) is 6.81. The van der Waals surface area contributed by atoms with Crippen molar-refractivity contribution in [2.75, 3.05) is 0 Å². The van der Waals surface area contributed by atoms with Crippen molar-refractivity contribution >= 4 is 32.3 Å². The minimum Gasteiger partial charge on any atom is -0.264 e. The molecule has 7 rings (SSSR count). The smallest absolute Gasteiger partial charge is 0.0346 e. The lowest BCUT2D eigenvalue weighted by atomic mass is 9.83. The number of nitrogens with zero attached hydrogens (tertiary/aromatic N) is 1. The Morgan fingerprint density at radius 1 is 0.450 bits per heavy atom. The Bertz CT molecular complexity index is 1950. The third kappa shape index (κ3) is 4.15. The molecule has 0 fully saturated rings. The molecule has 0 radical (unpaired) electrons. The third-order valence-electron chi connectivity index (χ3n) is 8.09. The van der Waals surface area contributed by atoms with Gasteiger partial charge in [0.2, 0.25) is 0 Å². The van der Waals surface area contributed by atoms with Crippen LogP contribution < -0.4 is 0 Å². The first-order valence-corrected chi connectivity index (χ1v) is 14.0. The number of hydrogen-bond donors (Lipinski definition) is 0. The van der Waals surface area contributed by atoms with Crippen LogP contribution in [0.1, 0.15) is 26.3 Å². The van der Waals surface area contributed by atoms with Gasteiger partial charge in [0.25, 0.3) is 0 Å². The van der Waals surface area contributed by atoms with E-state index in [4.69, 9.17) is 0 Å². The molecule has 7 aromatic rings. The van der Waals surface area contributed by atoms with E-state index in [9.17, 15) is 0 Å². The molecule has 0 aliphatic rings. The molecule has 0 atom stereocenters. The van der Waals surface area contributed by atoms with Gasteiger partial charge in [-0.15, -0.1) is 0 Å². The van der Waals surface area contributed by atoms with Crippen LogP contribution in [0, 0.1) is 0 Å². The number of rotatable bonds is 3. The van der Waals surface area contributed by atoms with E-state index >= 15 is 0 Å². The molecule has 40 heavy (non-hydrogen) atoms. The van der Waals surface area contributed by atoms with Crippen LogP contribution in [0.25, 0.3) is 65.7 Å². The van der Waals surface area contributed by atoms with Crippen molar-refractivity contribution in [3.8, 4) is 33.4 Å². The maximum absolute atomic E-state index is 4.30. The van der Waals surface area contributed by atoms with Crippen LogP contribution in [0.4, 0.5) is 0 Å².